The highest BCUT2D eigenvalue weighted by molar-refractivity contribution is 6.30. The number of halogens is 1. The van der Waals surface area contributed by atoms with Crippen molar-refractivity contribution in [3.05, 3.63) is 46.7 Å². The third-order valence-electron chi connectivity index (χ3n) is 4.20. The van der Waals surface area contributed by atoms with Gasteiger partial charge in [0, 0.05) is 16.5 Å². The second-order valence-electron chi connectivity index (χ2n) is 5.72. The van der Waals surface area contributed by atoms with E-state index >= 15 is 0 Å². The van der Waals surface area contributed by atoms with E-state index in [1.807, 2.05) is 12.1 Å². The first-order valence-corrected chi connectivity index (χ1v) is 7.83. The third-order valence-corrected chi connectivity index (χ3v) is 4.45. The topological polar surface area (TPSA) is 75.6 Å². The highest BCUT2D eigenvalue weighted by atomic mass is 35.5. The number of hydrogen-bond acceptors (Lipinski definition) is 5. The molecule has 0 saturated carbocycles. The largest absolute Gasteiger partial charge is 0.502 e. The maximum absolute atomic E-state index is 12.7. The number of carbonyl (C=O) groups is 2. The van der Waals surface area contributed by atoms with Gasteiger partial charge in [-0.15, -0.1) is 0 Å². The van der Waals surface area contributed by atoms with Gasteiger partial charge in [-0.05, 0) is 50.0 Å². The normalized spacial score (nSPS) is 17.6. The molecule has 0 spiro atoms. The maximum atomic E-state index is 12.7. The number of methoxy groups -OCH3 is 1. The molecule has 124 valence electrons. The van der Waals surface area contributed by atoms with Crippen molar-refractivity contribution in [3.63, 3.8) is 0 Å². The zero-order valence-electron chi connectivity index (χ0n) is 13.0. The number of aliphatic hydroxyl groups excluding tert-OH is 1. The van der Waals surface area contributed by atoms with Crippen molar-refractivity contribution < 1.29 is 19.4 Å². The molecule has 0 bridgehead atoms. The molecule has 0 radical (unpaired) electrons. The first-order chi connectivity index (χ1) is 11.0. The monoisotopic (exact) mass is 337 g/mol. The lowest BCUT2D eigenvalue weighted by Crippen LogP contribution is -2.43. The van der Waals surface area contributed by atoms with Crippen molar-refractivity contribution in [2.24, 2.45) is 5.41 Å². The number of ketones is 1. The minimum Gasteiger partial charge on any atom is -0.502 e. The van der Waals surface area contributed by atoms with Gasteiger partial charge in [-0.1, -0.05) is 23.7 Å². The van der Waals surface area contributed by atoms with Gasteiger partial charge in [0.2, 0.25) is 5.76 Å². The van der Waals surface area contributed by atoms with E-state index in [0.29, 0.717) is 37.4 Å². The summed E-state index contributed by atoms with van der Waals surface area (Å²) in [6, 6.07) is 7.36. The molecule has 0 aromatic heterocycles. The summed E-state index contributed by atoms with van der Waals surface area (Å²) in [5.74, 6) is -1.82. The summed E-state index contributed by atoms with van der Waals surface area (Å²) in [6.45, 7) is 1.43. The van der Waals surface area contributed by atoms with Crippen molar-refractivity contribution in [2.75, 3.05) is 20.2 Å². The van der Waals surface area contributed by atoms with Crippen LogP contribution in [0.4, 0.5) is 0 Å². The number of ether oxygens (including phenoxy) is 1. The molecule has 2 rings (SSSR count). The number of rotatable bonds is 5. The summed E-state index contributed by atoms with van der Waals surface area (Å²) in [5.41, 5.74) is 0.358. The van der Waals surface area contributed by atoms with Gasteiger partial charge in [-0.25, -0.2) is 4.79 Å². The fourth-order valence-electron chi connectivity index (χ4n) is 2.85. The Morgan fingerprint density at radius 2 is 1.91 bits per heavy atom. The Bertz CT molecular complexity index is 604. The second kappa shape index (κ2) is 7.62. The van der Waals surface area contributed by atoms with Crippen LogP contribution < -0.4 is 5.32 Å². The number of carbonyl (C=O) groups excluding carboxylic acids is 2. The van der Waals surface area contributed by atoms with Gasteiger partial charge in [0.05, 0.1) is 7.11 Å². The molecule has 1 saturated heterocycles. The second-order valence-corrected chi connectivity index (χ2v) is 6.16. The summed E-state index contributed by atoms with van der Waals surface area (Å²) in [6.07, 6.45) is 2.81. The van der Waals surface area contributed by atoms with Crippen molar-refractivity contribution in [1.82, 2.24) is 5.32 Å². The molecule has 1 aromatic rings. The van der Waals surface area contributed by atoms with Crippen LogP contribution >= 0.6 is 11.6 Å². The molecule has 1 aliphatic rings. The van der Waals surface area contributed by atoms with E-state index in [0.717, 1.165) is 18.7 Å². The van der Waals surface area contributed by atoms with E-state index in [4.69, 9.17) is 11.6 Å². The smallest absolute Gasteiger partial charge is 0.373 e. The van der Waals surface area contributed by atoms with Crippen LogP contribution in [-0.4, -0.2) is 37.1 Å². The predicted octanol–water partition coefficient (Wildman–Crippen LogP) is 2.44. The van der Waals surface area contributed by atoms with Crippen LogP contribution in [0.1, 0.15) is 18.4 Å². The SMILES string of the molecule is COC(=O)/C(O)=C/C(=O)C1(Cc2ccc(Cl)cc2)CCNCC1. The number of hydrogen-bond donors (Lipinski definition) is 2. The zero-order chi connectivity index (χ0) is 16.9. The van der Waals surface area contributed by atoms with Crippen LogP contribution in [-0.2, 0) is 20.7 Å². The van der Waals surface area contributed by atoms with Crippen molar-refractivity contribution in [1.29, 1.82) is 0 Å². The van der Waals surface area contributed by atoms with Gasteiger partial charge in [-0.2, -0.15) is 0 Å². The summed E-state index contributed by atoms with van der Waals surface area (Å²) < 4.78 is 4.43. The summed E-state index contributed by atoms with van der Waals surface area (Å²) >= 11 is 5.90. The molecule has 6 heteroatoms. The number of allylic oxidation sites excluding steroid dienone is 1. The molecule has 0 atom stereocenters. The van der Waals surface area contributed by atoms with Gasteiger partial charge in [0.25, 0.3) is 0 Å². The number of benzene rings is 1. The minimum absolute atomic E-state index is 0.253. The van der Waals surface area contributed by atoms with Gasteiger partial charge in [0.15, 0.2) is 5.78 Å². The highest BCUT2D eigenvalue weighted by Gasteiger charge is 2.38. The molecule has 5 nitrogen and oxygen atoms in total. The van der Waals surface area contributed by atoms with Crippen molar-refractivity contribution in [3.8, 4) is 0 Å². The number of aliphatic hydroxyl groups is 1. The van der Waals surface area contributed by atoms with Gasteiger partial charge in [0.1, 0.15) is 0 Å². The zero-order valence-corrected chi connectivity index (χ0v) is 13.7. The van der Waals surface area contributed by atoms with Crippen LogP contribution in [0.2, 0.25) is 5.02 Å². The third kappa shape index (κ3) is 4.33. The Kier molecular flexibility index (Phi) is 5.80. The molecule has 2 N–H and O–H groups in total. The molecule has 1 aromatic carbocycles. The fourth-order valence-corrected chi connectivity index (χ4v) is 2.98. The van der Waals surface area contributed by atoms with Crippen LogP contribution in [0.5, 0.6) is 0 Å². The lowest BCUT2D eigenvalue weighted by Gasteiger charge is -2.35. The number of nitrogens with one attached hydrogen (secondary N) is 1. The summed E-state index contributed by atoms with van der Waals surface area (Å²) in [4.78, 5) is 24.0. The Balaban J connectivity index is 2.26. The lowest BCUT2D eigenvalue weighted by molar-refractivity contribution is -0.139. The van der Waals surface area contributed by atoms with E-state index in [1.54, 1.807) is 12.1 Å². The molecule has 1 heterocycles. The first kappa shape index (κ1) is 17.5. The molecule has 23 heavy (non-hydrogen) atoms. The quantitative estimate of drug-likeness (QED) is 0.490. The summed E-state index contributed by atoms with van der Waals surface area (Å²) in [7, 11) is 1.16. The molecule has 0 unspecified atom stereocenters. The van der Waals surface area contributed by atoms with Crippen molar-refractivity contribution in [2.45, 2.75) is 19.3 Å². The van der Waals surface area contributed by atoms with E-state index in [9.17, 15) is 14.7 Å². The van der Waals surface area contributed by atoms with Gasteiger partial charge in [-0.3, -0.25) is 4.79 Å². The highest BCUT2D eigenvalue weighted by Crippen LogP contribution is 2.35. The van der Waals surface area contributed by atoms with Crippen LogP contribution in [0.3, 0.4) is 0 Å². The number of piperidine rings is 1. The molecular weight excluding hydrogens is 318 g/mol. The maximum Gasteiger partial charge on any atom is 0.373 e. The standard InChI is InChI=1S/C17H20ClNO4/c1-23-16(22)14(20)10-15(21)17(6-8-19-9-7-17)11-12-2-4-13(18)5-3-12/h2-5,10,19-20H,6-9,11H2,1H3/b14-10-. The van der Waals surface area contributed by atoms with Crippen LogP contribution in [0.15, 0.2) is 36.1 Å². The fraction of sp³-hybridized carbons (Fsp3) is 0.412. The molecule has 1 aliphatic heterocycles. The van der Waals surface area contributed by atoms with E-state index in [2.05, 4.69) is 10.1 Å². The lowest BCUT2D eigenvalue weighted by atomic mass is 9.71. The van der Waals surface area contributed by atoms with E-state index in [-0.39, 0.29) is 5.78 Å². The van der Waals surface area contributed by atoms with Gasteiger partial charge < -0.3 is 15.2 Å². The van der Waals surface area contributed by atoms with Crippen LogP contribution in [0.25, 0.3) is 0 Å². The Labute approximate surface area is 140 Å². The first-order valence-electron chi connectivity index (χ1n) is 7.45. The molecule has 0 amide bonds. The average Bonchev–Trinajstić information content (AvgIpc) is 2.57. The predicted molar refractivity (Wildman–Crippen MR) is 87.4 cm³/mol. The molecule has 0 aliphatic carbocycles. The Morgan fingerprint density at radius 3 is 2.48 bits per heavy atom. The van der Waals surface area contributed by atoms with Crippen molar-refractivity contribution >= 4 is 23.4 Å². The Hall–Kier alpha value is -1.85. The molecular formula is C17H20ClNO4. The Morgan fingerprint density at radius 1 is 1.30 bits per heavy atom. The molecule has 1 fully saturated rings. The summed E-state index contributed by atoms with van der Waals surface area (Å²) in [5, 5.41) is 13.5. The van der Waals surface area contributed by atoms with Crippen LogP contribution in [0, 0.1) is 5.41 Å². The number of esters is 1. The average molecular weight is 338 g/mol. The van der Waals surface area contributed by atoms with Gasteiger partial charge >= 0.3 is 5.97 Å². The minimum atomic E-state index is -0.908. The van der Waals surface area contributed by atoms with E-state index < -0.39 is 17.1 Å². The van der Waals surface area contributed by atoms with E-state index in [1.165, 1.54) is 0 Å².